The van der Waals surface area contributed by atoms with Crippen LogP contribution in [0.4, 0.5) is 33.2 Å². The Morgan fingerprint density at radius 3 is 2.64 bits per heavy atom. The Morgan fingerprint density at radius 2 is 1.92 bits per heavy atom. The topological polar surface area (TPSA) is 90.8 Å². The molecule has 2 aliphatic rings. The summed E-state index contributed by atoms with van der Waals surface area (Å²) in [5, 5.41) is 8.20. The zero-order chi connectivity index (χ0) is 24.9. The lowest BCUT2D eigenvalue weighted by Crippen LogP contribution is -2.37. The molecule has 2 fully saturated rings. The van der Waals surface area contributed by atoms with Crippen molar-refractivity contribution in [3.8, 4) is 0 Å². The van der Waals surface area contributed by atoms with Crippen molar-refractivity contribution in [2.45, 2.75) is 13.3 Å². The van der Waals surface area contributed by atoms with Crippen LogP contribution >= 0.6 is 11.6 Å². The van der Waals surface area contributed by atoms with E-state index in [1.165, 1.54) is 6.42 Å². The van der Waals surface area contributed by atoms with E-state index in [2.05, 4.69) is 48.7 Å². The van der Waals surface area contributed by atoms with E-state index in [0.29, 0.717) is 37.9 Å². The molecule has 2 saturated heterocycles. The molecule has 1 atom stereocenters. The summed E-state index contributed by atoms with van der Waals surface area (Å²) in [6.07, 6.45) is 5.60. The van der Waals surface area contributed by atoms with Crippen molar-refractivity contribution < 1.29 is 9.13 Å². The Morgan fingerprint density at radius 1 is 1.08 bits per heavy atom. The van der Waals surface area contributed by atoms with E-state index in [4.69, 9.17) is 16.3 Å². The minimum atomic E-state index is -0.474. The summed E-state index contributed by atoms with van der Waals surface area (Å²) in [5.74, 6) is 0.662. The van der Waals surface area contributed by atoms with Gasteiger partial charge in [0.2, 0.25) is 5.95 Å². The number of ether oxygens (including phenoxy) is 1. The maximum Gasteiger partial charge on any atom is 0.245 e. The van der Waals surface area contributed by atoms with Gasteiger partial charge in [-0.05, 0) is 42.7 Å². The molecule has 0 aliphatic carbocycles. The highest BCUT2D eigenvalue weighted by Crippen LogP contribution is 2.33. The van der Waals surface area contributed by atoms with Crippen LogP contribution in [0.2, 0.25) is 5.02 Å². The lowest BCUT2D eigenvalue weighted by molar-refractivity contribution is 0.122. The molecule has 0 radical (unpaired) electrons. The molecular weight excluding hydrogens is 483 g/mol. The minimum absolute atomic E-state index is 0.205. The molecule has 2 aromatic heterocycles. The molecule has 2 N–H and O–H groups in total. The second kappa shape index (κ2) is 11.0. The number of morpholine rings is 1. The van der Waals surface area contributed by atoms with Crippen molar-refractivity contribution in [2.75, 3.05) is 59.9 Å². The number of hydrogen-bond acceptors (Lipinski definition) is 9. The third-order valence-corrected chi connectivity index (χ3v) is 6.49. The highest BCUT2D eigenvalue weighted by molar-refractivity contribution is 6.33. The first kappa shape index (κ1) is 24.2. The van der Waals surface area contributed by atoms with E-state index in [1.807, 2.05) is 29.2 Å². The predicted molar refractivity (Wildman–Crippen MR) is 141 cm³/mol. The molecule has 0 saturated carbocycles. The summed E-state index contributed by atoms with van der Waals surface area (Å²) in [7, 11) is 0. The second-order valence-electron chi connectivity index (χ2n) is 8.94. The Bertz CT molecular complexity index is 1220. The third kappa shape index (κ3) is 5.83. The van der Waals surface area contributed by atoms with Crippen LogP contribution in [-0.4, -0.2) is 60.6 Å². The van der Waals surface area contributed by atoms with Gasteiger partial charge in [0.1, 0.15) is 0 Å². The summed E-state index contributed by atoms with van der Waals surface area (Å²) >= 11 is 6.56. The van der Waals surface area contributed by atoms with Gasteiger partial charge in [-0.2, -0.15) is 10.1 Å². The Balaban J connectivity index is 1.18. The van der Waals surface area contributed by atoms with Gasteiger partial charge in [-0.15, -0.1) is 0 Å². The summed E-state index contributed by atoms with van der Waals surface area (Å²) in [6, 6.07) is 9.76. The molecule has 11 heteroatoms. The van der Waals surface area contributed by atoms with Crippen LogP contribution in [0.1, 0.15) is 19.0 Å². The van der Waals surface area contributed by atoms with Gasteiger partial charge in [0.25, 0.3) is 0 Å². The predicted octanol–water partition coefficient (Wildman–Crippen LogP) is 4.54. The van der Waals surface area contributed by atoms with Crippen molar-refractivity contribution in [1.82, 2.24) is 15.0 Å². The van der Waals surface area contributed by atoms with Gasteiger partial charge in [-0.1, -0.05) is 18.5 Å². The number of rotatable bonds is 7. The quantitative estimate of drug-likeness (QED) is 0.354. The van der Waals surface area contributed by atoms with E-state index >= 15 is 0 Å². The summed E-state index contributed by atoms with van der Waals surface area (Å²) in [4.78, 5) is 16.8. The number of halogens is 2. The van der Waals surface area contributed by atoms with Gasteiger partial charge in [0, 0.05) is 31.9 Å². The van der Waals surface area contributed by atoms with Crippen LogP contribution in [0.15, 0.2) is 47.8 Å². The molecule has 1 aromatic carbocycles. The normalized spacial score (nSPS) is 18.1. The van der Waals surface area contributed by atoms with Crippen LogP contribution < -0.4 is 20.5 Å². The van der Waals surface area contributed by atoms with Gasteiger partial charge in [-0.3, -0.25) is 4.98 Å². The number of anilines is 5. The smallest absolute Gasteiger partial charge is 0.245 e. The van der Waals surface area contributed by atoms with Gasteiger partial charge < -0.3 is 19.9 Å². The number of benzene rings is 1. The zero-order valence-electron chi connectivity index (χ0n) is 20.0. The molecule has 9 nitrogen and oxygen atoms in total. The van der Waals surface area contributed by atoms with Crippen LogP contribution in [0, 0.1) is 11.7 Å². The number of pyridine rings is 1. The van der Waals surface area contributed by atoms with Gasteiger partial charge in [0.15, 0.2) is 11.6 Å². The van der Waals surface area contributed by atoms with E-state index < -0.39 is 5.82 Å². The van der Waals surface area contributed by atoms with Crippen molar-refractivity contribution in [3.05, 3.63) is 59.3 Å². The molecule has 4 heterocycles. The van der Waals surface area contributed by atoms with Crippen LogP contribution in [-0.2, 0) is 4.74 Å². The Labute approximate surface area is 214 Å². The molecule has 188 valence electrons. The van der Waals surface area contributed by atoms with Crippen molar-refractivity contribution in [1.29, 1.82) is 0 Å². The van der Waals surface area contributed by atoms with Gasteiger partial charge in [0.05, 0.1) is 53.9 Å². The maximum atomic E-state index is 14.2. The van der Waals surface area contributed by atoms with Crippen molar-refractivity contribution in [3.63, 3.8) is 0 Å². The van der Waals surface area contributed by atoms with Crippen LogP contribution in [0.25, 0.3) is 0 Å². The number of nitrogens with one attached hydrogen (secondary N) is 2. The lowest BCUT2D eigenvalue weighted by Gasteiger charge is -2.27. The fourth-order valence-corrected chi connectivity index (χ4v) is 4.58. The summed E-state index contributed by atoms with van der Waals surface area (Å²) in [6.45, 7) is 6.58. The first-order chi connectivity index (χ1) is 17.5. The fraction of sp³-hybridized carbons (Fsp3) is 0.360. The van der Waals surface area contributed by atoms with Crippen molar-refractivity contribution >= 4 is 46.6 Å². The number of hydrazone groups is 1. The Kier molecular flexibility index (Phi) is 7.43. The molecule has 0 amide bonds. The highest BCUT2D eigenvalue weighted by Gasteiger charge is 2.21. The summed E-state index contributed by atoms with van der Waals surface area (Å²) < 4.78 is 19.5. The number of nitrogens with zero attached hydrogens (tertiary/aromatic N) is 6. The van der Waals surface area contributed by atoms with Crippen LogP contribution in [0.5, 0.6) is 0 Å². The van der Waals surface area contributed by atoms with E-state index in [1.54, 1.807) is 12.4 Å². The van der Waals surface area contributed by atoms with E-state index in [-0.39, 0.29) is 11.8 Å². The van der Waals surface area contributed by atoms with E-state index in [9.17, 15) is 4.39 Å². The molecular formula is C25H28ClFN8O. The SMILES string of the molecule is CC1CCN(c2ccc(Nc3ccc(C=NNc4ncc(F)c(N5CCOCC5)n4)nc3)cc2Cl)C1. The van der Waals surface area contributed by atoms with Gasteiger partial charge in [-0.25, -0.2) is 14.8 Å². The summed E-state index contributed by atoms with van der Waals surface area (Å²) in [5.41, 5.74) is 6.18. The molecule has 1 unspecified atom stereocenters. The zero-order valence-corrected chi connectivity index (χ0v) is 20.7. The third-order valence-electron chi connectivity index (χ3n) is 6.18. The number of hydrogen-bond donors (Lipinski definition) is 2. The molecule has 2 aliphatic heterocycles. The van der Waals surface area contributed by atoms with Crippen molar-refractivity contribution in [2.24, 2.45) is 11.0 Å². The highest BCUT2D eigenvalue weighted by atomic mass is 35.5. The minimum Gasteiger partial charge on any atom is -0.378 e. The van der Waals surface area contributed by atoms with Crippen LogP contribution in [0.3, 0.4) is 0 Å². The first-order valence-electron chi connectivity index (χ1n) is 12.0. The lowest BCUT2D eigenvalue weighted by atomic mass is 10.2. The number of aromatic nitrogens is 3. The van der Waals surface area contributed by atoms with Gasteiger partial charge >= 0.3 is 0 Å². The molecule has 5 rings (SSSR count). The Hall–Kier alpha value is -3.50. The molecule has 36 heavy (non-hydrogen) atoms. The monoisotopic (exact) mass is 510 g/mol. The average Bonchev–Trinajstić information content (AvgIpc) is 3.32. The second-order valence-corrected chi connectivity index (χ2v) is 9.34. The molecule has 0 bridgehead atoms. The fourth-order valence-electron chi connectivity index (χ4n) is 4.28. The molecule has 0 spiro atoms. The molecule has 3 aromatic rings. The average molecular weight is 511 g/mol. The standard InChI is InChI=1S/C25H28ClFN8O/c1-17-6-7-35(16-17)23-5-4-18(12-21(23)26)31-20-3-2-19(28-13-20)14-30-33-25-29-15-22(27)24(32-25)34-8-10-36-11-9-34/h2-5,12-15,17,31H,6-11,16H2,1H3,(H,29,32,33). The van der Waals surface area contributed by atoms with E-state index in [0.717, 1.165) is 41.4 Å². The largest absolute Gasteiger partial charge is 0.378 e. The maximum absolute atomic E-state index is 14.2. The first-order valence-corrected chi connectivity index (χ1v) is 12.3.